The molecule has 0 heterocycles. The van der Waals surface area contributed by atoms with Crippen LogP contribution in [0, 0.1) is 0 Å². The van der Waals surface area contributed by atoms with E-state index in [0.29, 0.717) is 0 Å². The molecule has 0 amide bonds. The standard InChI is InChI=1S/K.H2O.4O.Os.H/h;1H2;;;;;;/q+1;;;;;;;-1. The third kappa shape index (κ3) is 107. The fourth-order valence-corrected chi connectivity index (χ4v) is 0. The molecule has 0 atom stereocenters. The fourth-order valence-electron chi connectivity index (χ4n) is 0. The summed E-state index contributed by atoms with van der Waals surface area (Å²) in [6.45, 7) is 0. The van der Waals surface area contributed by atoms with E-state index >= 15 is 0 Å². The molecule has 0 aromatic heterocycles. The molecule has 0 aliphatic carbocycles. The summed E-state index contributed by atoms with van der Waals surface area (Å²) in [7, 11) is 0. The van der Waals surface area contributed by atoms with Crippen LogP contribution in [0.3, 0.4) is 0 Å². The first-order valence-electron chi connectivity index (χ1n) is 0.577. The Labute approximate surface area is 85.7 Å². The zero-order chi connectivity index (χ0) is 4.50. The van der Waals surface area contributed by atoms with Gasteiger partial charge in [-0.25, -0.2) is 0 Å². The van der Waals surface area contributed by atoms with Crippen LogP contribution in [0.1, 0.15) is 1.43 Å². The van der Waals surface area contributed by atoms with Gasteiger partial charge in [0, 0.05) is 0 Å². The Morgan fingerprint density at radius 3 is 1.00 bits per heavy atom. The predicted molar refractivity (Wildman–Crippen MR) is 7.47 cm³/mol. The van der Waals surface area contributed by atoms with Gasteiger partial charge >= 0.3 is 80.4 Å². The van der Waals surface area contributed by atoms with Crippen molar-refractivity contribution in [1.29, 1.82) is 0 Å². The molecule has 5 nitrogen and oxygen atoms in total. The van der Waals surface area contributed by atoms with Crippen LogP contribution < -0.4 is 51.4 Å². The molecule has 0 spiro atoms. The van der Waals surface area contributed by atoms with Crippen molar-refractivity contribution in [2.45, 2.75) is 0 Å². The van der Waals surface area contributed by atoms with E-state index in [9.17, 15) is 0 Å². The predicted octanol–water partition coefficient (Wildman–Crippen LogP) is -4.19. The Morgan fingerprint density at radius 1 is 1.00 bits per heavy atom. The van der Waals surface area contributed by atoms with E-state index in [1.807, 2.05) is 0 Å². The molecule has 0 aliphatic heterocycles. The van der Waals surface area contributed by atoms with Crippen LogP contribution in [-0.4, -0.2) is 5.48 Å². The van der Waals surface area contributed by atoms with E-state index in [-0.39, 0.29) is 58.3 Å². The fraction of sp³-hybridized carbons (Fsp3) is 0. The van der Waals surface area contributed by atoms with Gasteiger partial charge in [0.2, 0.25) is 0 Å². The zero-order valence-corrected chi connectivity index (χ0v) is 9.15. The molecule has 0 fully saturated rings. The quantitative estimate of drug-likeness (QED) is 0.424. The first kappa shape index (κ1) is 15.8. The molecule has 0 rings (SSSR count). The summed E-state index contributed by atoms with van der Waals surface area (Å²) in [6.07, 6.45) is 0. The van der Waals surface area contributed by atoms with E-state index < -0.39 is 14.8 Å². The van der Waals surface area contributed by atoms with E-state index in [1.165, 1.54) is 0 Å². The summed E-state index contributed by atoms with van der Waals surface area (Å²) in [4.78, 5) is 0. The van der Waals surface area contributed by atoms with Gasteiger partial charge in [-0.15, -0.1) is 0 Å². The maximum atomic E-state index is 8.63. The van der Waals surface area contributed by atoms with Crippen LogP contribution in [0.5, 0.6) is 0 Å². The van der Waals surface area contributed by atoms with Crippen molar-refractivity contribution in [2.75, 3.05) is 0 Å². The normalized spacial score (nSPS) is 8.00. The third-order valence-electron chi connectivity index (χ3n) is 0. The van der Waals surface area contributed by atoms with Crippen molar-refractivity contribution >= 4 is 0 Å². The first-order valence-corrected chi connectivity index (χ1v) is 4.73. The summed E-state index contributed by atoms with van der Waals surface area (Å²) in [5.41, 5.74) is 0. The Balaban J connectivity index is -0.0000000267. The Hall–Kier alpha value is 1.43. The van der Waals surface area contributed by atoms with Gasteiger partial charge in [0.15, 0.2) is 0 Å². The molecule has 0 aromatic rings. The second kappa shape index (κ2) is 5.57. The minimum absolute atomic E-state index is 0. The van der Waals surface area contributed by atoms with Crippen LogP contribution in [0.25, 0.3) is 0 Å². The van der Waals surface area contributed by atoms with Gasteiger partial charge in [0.1, 0.15) is 0 Å². The van der Waals surface area contributed by atoms with Crippen LogP contribution in [-0.2, 0) is 29.0 Å². The Morgan fingerprint density at radius 2 is 1.00 bits per heavy atom. The molecule has 0 saturated carbocycles. The molecule has 0 unspecified atom stereocenters. The van der Waals surface area contributed by atoms with Gasteiger partial charge in [-0.3, -0.25) is 0 Å². The average Bonchev–Trinajstić information content (AvgIpc) is 0.722. The van der Waals surface area contributed by atoms with Gasteiger partial charge in [0.25, 0.3) is 0 Å². The molecule has 0 aliphatic rings. The molecule has 2 N–H and O–H groups in total. The molecule has 42 valence electrons. The van der Waals surface area contributed by atoms with Crippen LogP contribution >= 0.6 is 0 Å². The molecular weight excluding hydrogens is 309 g/mol. The summed E-state index contributed by atoms with van der Waals surface area (Å²) in [5, 5.41) is 0. The van der Waals surface area contributed by atoms with Crippen molar-refractivity contribution in [2.24, 2.45) is 0 Å². The second-order valence-corrected chi connectivity index (χ2v) is 2.89. The Kier molecular flexibility index (Phi) is 12.6. The summed E-state index contributed by atoms with van der Waals surface area (Å²) >= 11 is -6.06. The van der Waals surface area contributed by atoms with Gasteiger partial charge in [-0.1, -0.05) is 0 Å². The van der Waals surface area contributed by atoms with Crippen LogP contribution in [0.4, 0.5) is 0 Å². The van der Waals surface area contributed by atoms with Crippen LogP contribution in [0.15, 0.2) is 0 Å². The Bertz CT molecular complexity index is 164. The molecular formula is H3KO5Os. The van der Waals surface area contributed by atoms with E-state index in [2.05, 4.69) is 0 Å². The summed E-state index contributed by atoms with van der Waals surface area (Å²) in [5.74, 6) is 0. The van der Waals surface area contributed by atoms with Crippen molar-refractivity contribution in [3.8, 4) is 0 Å². The SMILES string of the molecule is O.[H-].[K+].[O]=[Os](=[O])(=[O])=[O]. The van der Waals surface area contributed by atoms with E-state index in [4.69, 9.17) is 14.2 Å². The first-order chi connectivity index (χ1) is 2.00. The maximum absolute atomic E-state index is 8.63. The van der Waals surface area contributed by atoms with E-state index in [1.54, 1.807) is 0 Å². The van der Waals surface area contributed by atoms with Crippen molar-refractivity contribution in [3.05, 3.63) is 0 Å². The van der Waals surface area contributed by atoms with Crippen molar-refractivity contribution < 1.29 is 87.3 Å². The number of hydrogen-bond donors (Lipinski definition) is 0. The second-order valence-electron chi connectivity index (χ2n) is 0.354. The average molecular weight is 312 g/mol. The topological polar surface area (TPSA) is 99.8 Å². The monoisotopic (exact) mass is 314 g/mol. The van der Waals surface area contributed by atoms with Crippen molar-refractivity contribution in [3.63, 3.8) is 0 Å². The van der Waals surface area contributed by atoms with Gasteiger partial charge in [-0.2, -0.15) is 0 Å². The van der Waals surface area contributed by atoms with Crippen molar-refractivity contribution in [1.82, 2.24) is 0 Å². The zero-order valence-electron chi connectivity index (χ0n) is 4.49. The molecule has 7 heteroatoms. The van der Waals surface area contributed by atoms with E-state index in [0.717, 1.165) is 0 Å². The number of hydrogen-bond acceptors (Lipinski definition) is 4. The summed E-state index contributed by atoms with van der Waals surface area (Å²) in [6, 6.07) is 0. The molecule has 0 radical (unpaired) electrons. The molecule has 0 aromatic carbocycles. The van der Waals surface area contributed by atoms with Gasteiger partial charge < -0.3 is 6.90 Å². The molecule has 0 saturated heterocycles. The minimum atomic E-state index is -6.06. The van der Waals surface area contributed by atoms with Crippen LogP contribution in [0.2, 0.25) is 0 Å². The molecule has 0 bridgehead atoms. The molecule has 7 heavy (non-hydrogen) atoms. The van der Waals surface area contributed by atoms with Gasteiger partial charge in [0.05, 0.1) is 0 Å². The summed E-state index contributed by atoms with van der Waals surface area (Å²) < 4.78 is 34.5. The van der Waals surface area contributed by atoms with Gasteiger partial charge in [-0.05, 0) is 0 Å². The third-order valence-corrected chi connectivity index (χ3v) is 0. The number of rotatable bonds is 0.